The standard InChI is InChI=1S/C10H15N3O2/c1-2-3-9(11)6-8-4-5-12-7-10(8)13(14)15/h4-5,7,9H,2-3,6,11H2,1H3. The van der Waals surface area contributed by atoms with Crippen LogP contribution in [-0.2, 0) is 6.42 Å². The first-order valence-electron chi connectivity index (χ1n) is 4.98. The molecule has 1 atom stereocenters. The minimum atomic E-state index is -0.416. The van der Waals surface area contributed by atoms with E-state index < -0.39 is 4.92 Å². The molecule has 0 fully saturated rings. The number of hydrogen-bond acceptors (Lipinski definition) is 4. The van der Waals surface area contributed by atoms with Crippen LogP contribution in [0.2, 0.25) is 0 Å². The smallest absolute Gasteiger partial charge is 0.290 e. The zero-order chi connectivity index (χ0) is 11.3. The van der Waals surface area contributed by atoms with Gasteiger partial charge in [-0.05, 0) is 18.9 Å². The lowest BCUT2D eigenvalue weighted by Crippen LogP contribution is -2.22. The molecule has 1 aromatic rings. The highest BCUT2D eigenvalue weighted by Crippen LogP contribution is 2.18. The fourth-order valence-electron chi connectivity index (χ4n) is 1.51. The van der Waals surface area contributed by atoms with E-state index in [0.717, 1.165) is 12.8 Å². The van der Waals surface area contributed by atoms with Crippen LogP contribution in [0.1, 0.15) is 25.3 Å². The lowest BCUT2D eigenvalue weighted by atomic mass is 10.0. The molecule has 1 aromatic heterocycles. The normalized spacial score (nSPS) is 12.4. The third-order valence-corrected chi connectivity index (χ3v) is 2.23. The van der Waals surface area contributed by atoms with E-state index in [9.17, 15) is 10.1 Å². The predicted octanol–water partition coefficient (Wildman–Crippen LogP) is 1.66. The Kier molecular flexibility index (Phi) is 4.17. The van der Waals surface area contributed by atoms with Crippen LogP contribution in [0.5, 0.6) is 0 Å². The molecule has 0 saturated heterocycles. The van der Waals surface area contributed by atoms with E-state index in [1.807, 2.05) is 6.92 Å². The van der Waals surface area contributed by atoms with Gasteiger partial charge in [-0.1, -0.05) is 13.3 Å². The van der Waals surface area contributed by atoms with Crippen LogP contribution in [0.4, 0.5) is 5.69 Å². The van der Waals surface area contributed by atoms with Crippen molar-refractivity contribution in [2.24, 2.45) is 5.73 Å². The van der Waals surface area contributed by atoms with Gasteiger partial charge in [0.15, 0.2) is 0 Å². The first-order valence-corrected chi connectivity index (χ1v) is 4.98. The maximum absolute atomic E-state index is 10.7. The van der Waals surface area contributed by atoms with Gasteiger partial charge >= 0.3 is 0 Å². The molecule has 82 valence electrons. The predicted molar refractivity (Wildman–Crippen MR) is 57.5 cm³/mol. The summed E-state index contributed by atoms with van der Waals surface area (Å²) in [5, 5.41) is 10.7. The van der Waals surface area contributed by atoms with Crippen molar-refractivity contribution < 1.29 is 4.92 Å². The molecule has 0 amide bonds. The minimum Gasteiger partial charge on any atom is -0.327 e. The van der Waals surface area contributed by atoms with Crippen molar-refractivity contribution >= 4 is 5.69 Å². The Morgan fingerprint density at radius 3 is 3.00 bits per heavy atom. The van der Waals surface area contributed by atoms with Gasteiger partial charge < -0.3 is 5.73 Å². The van der Waals surface area contributed by atoms with Crippen molar-refractivity contribution in [3.05, 3.63) is 34.1 Å². The van der Waals surface area contributed by atoms with E-state index >= 15 is 0 Å². The Morgan fingerprint density at radius 1 is 1.67 bits per heavy atom. The molecule has 0 radical (unpaired) electrons. The van der Waals surface area contributed by atoms with Gasteiger partial charge in [0.1, 0.15) is 6.20 Å². The Hall–Kier alpha value is -1.49. The minimum absolute atomic E-state index is 0.0175. The Morgan fingerprint density at radius 2 is 2.40 bits per heavy atom. The summed E-state index contributed by atoms with van der Waals surface area (Å²) in [6, 6.07) is 1.64. The van der Waals surface area contributed by atoms with Gasteiger partial charge in [-0.25, -0.2) is 0 Å². The lowest BCUT2D eigenvalue weighted by Gasteiger charge is -2.09. The van der Waals surface area contributed by atoms with Gasteiger partial charge in [0.05, 0.1) is 4.92 Å². The summed E-state index contributed by atoms with van der Waals surface area (Å²) >= 11 is 0. The first kappa shape index (κ1) is 11.6. The van der Waals surface area contributed by atoms with Gasteiger partial charge in [0.2, 0.25) is 0 Å². The van der Waals surface area contributed by atoms with Gasteiger partial charge in [-0.3, -0.25) is 15.1 Å². The summed E-state index contributed by atoms with van der Waals surface area (Å²) in [7, 11) is 0. The second kappa shape index (κ2) is 5.41. The van der Waals surface area contributed by atoms with Crippen molar-refractivity contribution in [2.45, 2.75) is 32.2 Å². The SMILES string of the molecule is CCCC(N)Cc1ccncc1[N+](=O)[O-]. The first-order chi connectivity index (χ1) is 7.15. The van der Waals surface area contributed by atoms with Crippen LogP contribution in [0.3, 0.4) is 0 Å². The van der Waals surface area contributed by atoms with Gasteiger partial charge in [-0.2, -0.15) is 0 Å². The third-order valence-electron chi connectivity index (χ3n) is 2.23. The zero-order valence-electron chi connectivity index (χ0n) is 8.72. The number of hydrogen-bond donors (Lipinski definition) is 1. The second-order valence-corrected chi connectivity index (χ2v) is 3.51. The molecule has 1 rings (SSSR count). The highest BCUT2D eigenvalue weighted by Gasteiger charge is 2.15. The molecule has 0 bridgehead atoms. The Balaban J connectivity index is 2.79. The van der Waals surface area contributed by atoms with Crippen molar-refractivity contribution in [1.82, 2.24) is 4.98 Å². The summed E-state index contributed by atoms with van der Waals surface area (Å²) in [5.41, 5.74) is 6.56. The van der Waals surface area contributed by atoms with Crippen molar-refractivity contribution in [3.8, 4) is 0 Å². The summed E-state index contributed by atoms with van der Waals surface area (Å²) < 4.78 is 0. The molecular formula is C10H15N3O2. The fourth-order valence-corrected chi connectivity index (χ4v) is 1.51. The molecule has 0 aromatic carbocycles. The highest BCUT2D eigenvalue weighted by molar-refractivity contribution is 5.37. The molecule has 5 heteroatoms. The number of nitrogens with two attached hydrogens (primary N) is 1. The second-order valence-electron chi connectivity index (χ2n) is 3.51. The van der Waals surface area contributed by atoms with Crippen LogP contribution >= 0.6 is 0 Å². The molecular weight excluding hydrogens is 194 g/mol. The van der Waals surface area contributed by atoms with Gasteiger partial charge in [0.25, 0.3) is 5.69 Å². The monoisotopic (exact) mass is 209 g/mol. The van der Waals surface area contributed by atoms with Crippen molar-refractivity contribution in [2.75, 3.05) is 0 Å². The van der Waals surface area contributed by atoms with E-state index in [1.54, 1.807) is 12.3 Å². The number of pyridine rings is 1. The Bertz CT molecular complexity index is 341. The molecule has 0 aliphatic heterocycles. The lowest BCUT2D eigenvalue weighted by molar-refractivity contribution is -0.385. The Labute approximate surface area is 88.5 Å². The van der Waals surface area contributed by atoms with E-state index in [-0.39, 0.29) is 11.7 Å². The number of nitro groups is 1. The molecule has 15 heavy (non-hydrogen) atoms. The quantitative estimate of drug-likeness (QED) is 0.590. The molecule has 0 aliphatic carbocycles. The molecule has 5 nitrogen and oxygen atoms in total. The highest BCUT2D eigenvalue weighted by atomic mass is 16.6. The van der Waals surface area contributed by atoms with Crippen LogP contribution in [0.25, 0.3) is 0 Å². The number of nitrogens with zero attached hydrogens (tertiary/aromatic N) is 2. The topological polar surface area (TPSA) is 82.0 Å². The van der Waals surface area contributed by atoms with Crippen LogP contribution in [0.15, 0.2) is 18.5 Å². The maximum Gasteiger partial charge on any atom is 0.290 e. The van der Waals surface area contributed by atoms with E-state index in [2.05, 4.69) is 4.98 Å². The zero-order valence-corrected chi connectivity index (χ0v) is 8.72. The van der Waals surface area contributed by atoms with Crippen LogP contribution < -0.4 is 5.73 Å². The van der Waals surface area contributed by atoms with E-state index in [4.69, 9.17) is 5.73 Å². The number of rotatable bonds is 5. The molecule has 0 aliphatic rings. The van der Waals surface area contributed by atoms with Crippen molar-refractivity contribution in [1.29, 1.82) is 0 Å². The third kappa shape index (κ3) is 3.28. The van der Waals surface area contributed by atoms with E-state index in [1.165, 1.54) is 6.20 Å². The van der Waals surface area contributed by atoms with Crippen LogP contribution in [-0.4, -0.2) is 15.9 Å². The van der Waals surface area contributed by atoms with Crippen LogP contribution in [0, 0.1) is 10.1 Å². The summed E-state index contributed by atoms with van der Waals surface area (Å²) in [4.78, 5) is 14.0. The summed E-state index contributed by atoms with van der Waals surface area (Å²) in [6.45, 7) is 2.04. The maximum atomic E-state index is 10.7. The average Bonchev–Trinajstić information content (AvgIpc) is 2.18. The summed E-state index contributed by atoms with van der Waals surface area (Å²) in [6.07, 6.45) is 5.22. The van der Waals surface area contributed by atoms with E-state index in [0.29, 0.717) is 12.0 Å². The summed E-state index contributed by atoms with van der Waals surface area (Å²) in [5.74, 6) is 0. The molecule has 1 unspecified atom stereocenters. The molecule has 2 N–H and O–H groups in total. The molecule has 0 spiro atoms. The molecule has 1 heterocycles. The number of aromatic nitrogens is 1. The van der Waals surface area contributed by atoms with Gasteiger partial charge in [-0.15, -0.1) is 0 Å². The van der Waals surface area contributed by atoms with Crippen molar-refractivity contribution in [3.63, 3.8) is 0 Å². The average molecular weight is 209 g/mol. The van der Waals surface area contributed by atoms with Gasteiger partial charge in [0, 0.05) is 17.8 Å². The largest absolute Gasteiger partial charge is 0.327 e. The molecule has 0 saturated carbocycles. The fraction of sp³-hybridized carbons (Fsp3) is 0.500.